The summed E-state index contributed by atoms with van der Waals surface area (Å²) >= 11 is 13.7. The van der Waals surface area contributed by atoms with Crippen LogP contribution in [0.4, 0.5) is 0 Å². The van der Waals surface area contributed by atoms with Crippen molar-refractivity contribution in [2.45, 2.75) is 27.3 Å². The molecule has 0 spiro atoms. The van der Waals surface area contributed by atoms with Crippen LogP contribution in [0.3, 0.4) is 0 Å². The Bertz CT molecular complexity index is 1290. The lowest BCUT2D eigenvalue weighted by molar-refractivity contribution is -0.140. The van der Waals surface area contributed by atoms with Crippen LogP contribution in [-0.2, 0) is 16.2 Å². The van der Waals surface area contributed by atoms with Crippen LogP contribution < -0.4 is 0 Å². The van der Waals surface area contributed by atoms with Crippen molar-refractivity contribution >= 4 is 95.2 Å². The fourth-order valence-electron chi connectivity index (χ4n) is 3.48. The molecule has 2 heterocycles. The molecule has 0 aliphatic carbocycles. The van der Waals surface area contributed by atoms with E-state index in [1.165, 1.54) is 24.2 Å². The number of carbonyl (C=O) groups is 1. The van der Waals surface area contributed by atoms with Crippen LogP contribution in [0.25, 0.3) is 27.9 Å². The van der Waals surface area contributed by atoms with Crippen LogP contribution in [-0.4, -0.2) is 24.0 Å². The molecule has 8 heteroatoms. The van der Waals surface area contributed by atoms with Gasteiger partial charge in [0.1, 0.15) is 3.53 Å². The Balaban J connectivity index is 1.86. The van der Waals surface area contributed by atoms with Crippen LogP contribution in [0.5, 0.6) is 0 Å². The quantitative estimate of drug-likeness (QED) is 0.142. The molecule has 1 aliphatic rings. The van der Waals surface area contributed by atoms with E-state index in [1.54, 1.807) is 11.8 Å². The van der Waals surface area contributed by atoms with Gasteiger partial charge in [-0.3, -0.25) is 0 Å². The highest BCUT2D eigenvalue weighted by molar-refractivity contribution is 8.60. The Labute approximate surface area is 193 Å². The summed E-state index contributed by atoms with van der Waals surface area (Å²) in [5.41, 5.74) is 4.98. The number of nitrogens with zero attached hydrogens (tertiary/aromatic N) is 2. The molecule has 4 rings (SSSR count). The molecule has 0 saturated carbocycles. The van der Waals surface area contributed by atoms with E-state index in [0.29, 0.717) is 5.71 Å². The van der Waals surface area contributed by atoms with Crippen LogP contribution >= 0.6 is 48.0 Å². The number of thiocarbonyl (C=S) groups is 2. The highest BCUT2D eigenvalue weighted by Crippen LogP contribution is 2.40. The number of fused-ring (bicyclic) bond motifs is 3. The smallest absolute Gasteiger partial charge is 0.331 e. The zero-order valence-corrected chi connectivity index (χ0v) is 19.9. The van der Waals surface area contributed by atoms with Gasteiger partial charge in [0.15, 0.2) is 0 Å². The van der Waals surface area contributed by atoms with E-state index >= 15 is 0 Å². The zero-order valence-electron chi connectivity index (χ0n) is 16.6. The molecule has 2 aromatic carbocycles. The van der Waals surface area contributed by atoms with Crippen molar-refractivity contribution in [2.75, 3.05) is 0 Å². The Morgan fingerprint density at radius 2 is 1.80 bits per heavy atom. The van der Waals surface area contributed by atoms with Gasteiger partial charge in [0, 0.05) is 40.2 Å². The van der Waals surface area contributed by atoms with Crippen molar-refractivity contribution in [1.82, 2.24) is 4.57 Å². The summed E-state index contributed by atoms with van der Waals surface area (Å²) in [4.78, 5) is 16.9. The summed E-state index contributed by atoms with van der Waals surface area (Å²) in [5, 5.41) is 6.22. The maximum atomic E-state index is 11.1. The molecule has 0 radical (unpaired) electrons. The Hall–Kier alpha value is -2.00. The topological polar surface area (TPSA) is 43.6 Å². The molecule has 1 aromatic heterocycles. The summed E-state index contributed by atoms with van der Waals surface area (Å²) < 4.78 is 3.98. The van der Waals surface area contributed by atoms with Gasteiger partial charge in [-0.1, -0.05) is 65.2 Å². The number of aromatic nitrogens is 1. The third-order valence-electron chi connectivity index (χ3n) is 4.80. The van der Waals surface area contributed by atoms with Gasteiger partial charge >= 0.3 is 5.97 Å². The van der Waals surface area contributed by atoms with E-state index in [4.69, 9.17) is 29.3 Å². The van der Waals surface area contributed by atoms with E-state index < -0.39 is 5.97 Å². The molecule has 0 N–H and O–H groups in total. The number of rotatable bonds is 4. The molecule has 3 aromatic rings. The summed E-state index contributed by atoms with van der Waals surface area (Å²) in [6.07, 6.45) is 2.10. The predicted molar refractivity (Wildman–Crippen MR) is 137 cm³/mol. The highest BCUT2D eigenvalue weighted by Gasteiger charge is 2.20. The summed E-state index contributed by atoms with van der Waals surface area (Å²) in [5.74, 6) is -0.434. The minimum Gasteiger partial charge on any atom is -0.341 e. The second-order valence-corrected chi connectivity index (χ2v) is 10.7. The normalized spacial score (nSPS) is 16.2. The number of oxime groups is 1. The maximum absolute atomic E-state index is 11.1. The first-order valence-electron chi connectivity index (χ1n) is 9.31. The highest BCUT2D eigenvalue weighted by atomic mass is 32.2. The lowest BCUT2D eigenvalue weighted by Gasteiger charge is -2.04. The first kappa shape index (κ1) is 21.2. The molecule has 152 valence electrons. The van der Waals surface area contributed by atoms with E-state index in [0.717, 1.165) is 46.6 Å². The molecular weight excluding hydrogens is 453 g/mol. The number of benzene rings is 2. The fraction of sp³-hybridized carbons (Fsp3) is 0.182. The van der Waals surface area contributed by atoms with Gasteiger partial charge in [0.05, 0.1) is 9.91 Å². The molecule has 1 aliphatic heterocycles. The number of aryl methyl sites for hydroxylation is 1. The predicted octanol–water partition coefficient (Wildman–Crippen LogP) is 6.53. The first-order valence-corrected chi connectivity index (χ1v) is 11.8. The maximum Gasteiger partial charge on any atom is 0.331 e. The Morgan fingerprint density at radius 3 is 2.43 bits per heavy atom. The SMILES string of the molecule is CCn1c2ccc(/C=C3\SC(=S)SC3=S)cc2c2cc(/C(C)=N/OC(C)=O)ccc21. The summed E-state index contributed by atoms with van der Waals surface area (Å²) in [6.45, 7) is 6.18. The standard InChI is InChI=1S/C22H18N2O2S4/c1-4-24-18-7-5-14(10-20-21(27)30-22(28)29-20)9-16(18)17-11-15(6-8-19(17)24)12(2)23-26-13(3)25/h5-11H,4H2,1-3H3/b20-10-,23-12+. The Morgan fingerprint density at radius 1 is 1.10 bits per heavy atom. The first-order chi connectivity index (χ1) is 14.4. The van der Waals surface area contributed by atoms with Crippen molar-refractivity contribution in [2.24, 2.45) is 5.16 Å². The van der Waals surface area contributed by atoms with E-state index in [9.17, 15) is 4.79 Å². The number of carbonyl (C=O) groups excluding carboxylic acids is 1. The fourth-order valence-corrected chi connectivity index (χ4v) is 6.46. The third-order valence-corrected chi connectivity index (χ3v) is 7.81. The average molecular weight is 471 g/mol. The lowest BCUT2D eigenvalue weighted by Crippen LogP contribution is -1.99. The van der Waals surface area contributed by atoms with Gasteiger partial charge < -0.3 is 9.40 Å². The molecule has 0 unspecified atom stereocenters. The zero-order chi connectivity index (χ0) is 21.4. The monoisotopic (exact) mass is 470 g/mol. The molecule has 0 bridgehead atoms. The van der Waals surface area contributed by atoms with Crippen LogP contribution in [0.15, 0.2) is 46.5 Å². The number of hydrogen-bond acceptors (Lipinski definition) is 7. The van der Waals surface area contributed by atoms with E-state index in [1.807, 2.05) is 13.0 Å². The second kappa shape index (κ2) is 8.63. The molecule has 30 heavy (non-hydrogen) atoms. The molecular formula is C22H18N2O2S4. The molecule has 4 nitrogen and oxygen atoms in total. The second-order valence-electron chi connectivity index (χ2n) is 6.76. The van der Waals surface area contributed by atoms with Crippen molar-refractivity contribution in [3.8, 4) is 0 Å². The van der Waals surface area contributed by atoms with Gasteiger partial charge in [-0.25, -0.2) is 4.79 Å². The van der Waals surface area contributed by atoms with Gasteiger partial charge in [0.2, 0.25) is 0 Å². The molecule has 0 atom stereocenters. The van der Waals surface area contributed by atoms with E-state index in [2.05, 4.69) is 53.1 Å². The lowest BCUT2D eigenvalue weighted by atomic mass is 10.0. The van der Waals surface area contributed by atoms with Gasteiger partial charge in [0.25, 0.3) is 0 Å². The van der Waals surface area contributed by atoms with Gasteiger partial charge in [-0.15, -0.1) is 0 Å². The van der Waals surface area contributed by atoms with Gasteiger partial charge in [-0.2, -0.15) is 0 Å². The Kier molecular flexibility index (Phi) is 6.11. The van der Waals surface area contributed by atoms with Crippen LogP contribution in [0, 0.1) is 0 Å². The minimum atomic E-state index is -0.434. The largest absolute Gasteiger partial charge is 0.341 e. The summed E-state index contributed by atoms with van der Waals surface area (Å²) in [6, 6.07) is 12.7. The van der Waals surface area contributed by atoms with Crippen molar-refractivity contribution in [1.29, 1.82) is 0 Å². The average Bonchev–Trinajstić information content (AvgIpc) is 3.20. The minimum absolute atomic E-state index is 0.434. The van der Waals surface area contributed by atoms with Crippen molar-refractivity contribution in [3.63, 3.8) is 0 Å². The summed E-state index contributed by atoms with van der Waals surface area (Å²) in [7, 11) is 0. The third kappa shape index (κ3) is 4.09. The van der Waals surface area contributed by atoms with Crippen molar-refractivity contribution in [3.05, 3.63) is 52.4 Å². The molecule has 1 saturated heterocycles. The van der Waals surface area contributed by atoms with Crippen LogP contribution in [0.2, 0.25) is 0 Å². The van der Waals surface area contributed by atoms with Gasteiger partial charge in [-0.05, 0) is 55.3 Å². The number of hydrogen-bond donors (Lipinski definition) is 0. The van der Waals surface area contributed by atoms with Crippen LogP contribution in [0.1, 0.15) is 31.9 Å². The van der Waals surface area contributed by atoms with Crippen molar-refractivity contribution < 1.29 is 9.63 Å². The van der Waals surface area contributed by atoms with E-state index in [-0.39, 0.29) is 0 Å². The molecule has 1 fully saturated rings. The number of thioether (sulfide) groups is 2. The molecule has 0 amide bonds.